The second kappa shape index (κ2) is 7.59. The molecule has 2 aromatic rings. The Bertz CT molecular complexity index is 767. The van der Waals surface area contributed by atoms with Gasteiger partial charge in [-0.25, -0.2) is 13.8 Å². The minimum atomic E-state index is -0.928. The number of phenolic OH excluding ortho intramolecular Hbond substituents is 1. The molecular formula is C19H20F2N2O2. The maximum atomic E-state index is 13.9. The number of aromatic nitrogens is 1. The molecule has 0 saturated carbocycles. The van der Waals surface area contributed by atoms with Gasteiger partial charge in [-0.3, -0.25) is 4.79 Å². The summed E-state index contributed by atoms with van der Waals surface area (Å²) in [6.07, 6.45) is 5.00. The Hall–Kier alpha value is -2.50. The van der Waals surface area contributed by atoms with Crippen molar-refractivity contribution in [1.82, 2.24) is 9.88 Å². The molecule has 1 aromatic carbocycles. The summed E-state index contributed by atoms with van der Waals surface area (Å²) in [6.45, 7) is 0.544. The molecule has 132 valence electrons. The van der Waals surface area contributed by atoms with E-state index in [0.29, 0.717) is 19.0 Å². The molecule has 1 saturated heterocycles. The minimum absolute atomic E-state index is 0.0187. The average Bonchev–Trinajstić information content (AvgIpc) is 2.60. The van der Waals surface area contributed by atoms with Crippen LogP contribution >= 0.6 is 0 Å². The summed E-state index contributed by atoms with van der Waals surface area (Å²) in [4.78, 5) is 18.0. The molecule has 0 radical (unpaired) electrons. The van der Waals surface area contributed by atoms with Crippen molar-refractivity contribution >= 4 is 5.91 Å². The molecule has 1 aromatic heterocycles. The zero-order valence-corrected chi connectivity index (χ0v) is 13.8. The van der Waals surface area contributed by atoms with Crippen molar-refractivity contribution in [2.45, 2.75) is 38.1 Å². The van der Waals surface area contributed by atoms with Crippen LogP contribution in [-0.2, 0) is 6.42 Å². The van der Waals surface area contributed by atoms with Crippen molar-refractivity contribution in [3.63, 3.8) is 0 Å². The molecule has 1 amide bonds. The van der Waals surface area contributed by atoms with Gasteiger partial charge in [0.25, 0.3) is 5.91 Å². The number of piperidine rings is 1. The average molecular weight is 346 g/mol. The summed E-state index contributed by atoms with van der Waals surface area (Å²) in [7, 11) is 0. The van der Waals surface area contributed by atoms with Crippen LogP contribution in [0.3, 0.4) is 0 Å². The van der Waals surface area contributed by atoms with Gasteiger partial charge in [-0.15, -0.1) is 0 Å². The van der Waals surface area contributed by atoms with Gasteiger partial charge in [0.05, 0.1) is 6.20 Å². The Labute approximate surface area is 145 Å². The number of hydrogen-bond donors (Lipinski definition) is 1. The molecule has 6 heteroatoms. The molecule has 0 aliphatic carbocycles. The molecule has 3 rings (SSSR count). The van der Waals surface area contributed by atoms with Crippen molar-refractivity contribution in [2.24, 2.45) is 0 Å². The molecule has 1 aliphatic heterocycles. The molecule has 1 atom stereocenters. The van der Waals surface area contributed by atoms with Crippen LogP contribution in [0.4, 0.5) is 8.78 Å². The highest BCUT2D eigenvalue weighted by atomic mass is 19.1. The number of hydrogen-bond acceptors (Lipinski definition) is 3. The van der Waals surface area contributed by atoms with E-state index >= 15 is 0 Å². The lowest BCUT2D eigenvalue weighted by Gasteiger charge is -2.35. The van der Waals surface area contributed by atoms with Gasteiger partial charge < -0.3 is 10.0 Å². The topological polar surface area (TPSA) is 53.4 Å². The lowest BCUT2D eigenvalue weighted by Crippen LogP contribution is -2.44. The third-order valence-corrected chi connectivity index (χ3v) is 4.58. The summed E-state index contributed by atoms with van der Waals surface area (Å²) >= 11 is 0. The summed E-state index contributed by atoms with van der Waals surface area (Å²) in [5.74, 6) is -2.00. The van der Waals surface area contributed by atoms with E-state index in [1.807, 2.05) is 6.07 Å². The van der Waals surface area contributed by atoms with Crippen LogP contribution in [0.15, 0.2) is 36.5 Å². The Morgan fingerprint density at radius 3 is 2.88 bits per heavy atom. The largest absolute Gasteiger partial charge is 0.508 e. The standard InChI is InChI=1S/C19H20F2N2O2/c20-14-11-17(21)18(22-12-14)19(25)23-9-2-1-5-15(23)8-7-13-4-3-6-16(24)10-13/h3-4,6,10-12,15,24H,1-2,5,7-9H2/t15-/m0/s1. The van der Waals surface area contributed by atoms with E-state index in [2.05, 4.69) is 4.98 Å². The van der Waals surface area contributed by atoms with Gasteiger partial charge in [0.15, 0.2) is 11.5 Å². The highest BCUT2D eigenvalue weighted by Gasteiger charge is 2.29. The van der Waals surface area contributed by atoms with Crippen LogP contribution in [0.25, 0.3) is 0 Å². The maximum Gasteiger partial charge on any atom is 0.275 e. The number of benzene rings is 1. The van der Waals surface area contributed by atoms with Gasteiger partial charge >= 0.3 is 0 Å². The number of halogens is 2. The second-order valence-electron chi connectivity index (χ2n) is 6.34. The number of likely N-dealkylation sites (tertiary alicyclic amines) is 1. The van der Waals surface area contributed by atoms with E-state index in [4.69, 9.17) is 0 Å². The Morgan fingerprint density at radius 2 is 2.12 bits per heavy atom. The van der Waals surface area contributed by atoms with E-state index < -0.39 is 17.5 Å². The fraction of sp³-hybridized carbons (Fsp3) is 0.368. The number of carbonyl (C=O) groups excluding carboxylic acids is 1. The molecule has 1 N–H and O–H groups in total. The van der Waals surface area contributed by atoms with Crippen LogP contribution < -0.4 is 0 Å². The monoisotopic (exact) mass is 346 g/mol. The maximum absolute atomic E-state index is 13.9. The third kappa shape index (κ3) is 4.13. The van der Waals surface area contributed by atoms with Crippen LogP contribution in [0.5, 0.6) is 5.75 Å². The second-order valence-corrected chi connectivity index (χ2v) is 6.34. The smallest absolute Gasteiger partial charge is 0.275 e. The molecule has 0 bridgehead atoms. The number of amides is 1. The zero-order chi connectivity index (χ0) is 17.8. The van der Waals surface area contributed by atoms with Crippen LogP contribution in [0.2, 0.25) is 0 Å². The van der Waals surface area contributed by atoms with E-state index in [1.165, 1.54) is 0 Å². The van der Waals surface area contributed by atoms with Gasteiger partial charge in [-0.1, -0.05) is 12.1 Å². The Morgan fingerprint density at radius 1 is 1.28 bits per heavy atom. The van der Waals surface area contributed by atoms with Crippen molar-refractivity contribution in [2.75, 3.05) is 6.54 Å². The SMILES string of the molecule is O=C(c1ncc(F)cc1F)N1CCCC[C@H]1CCc1cccc(O)c1. The Balaban J connectivity index is 1.73. The van der Waals surface area contributed by atoms with Gasteiger partial charge in [0, 0.05) is 18.7 Å². The quantitative estimate of drug-likeness (QED) is 0.918. The highest BCUT2D eigenvalue weighted by Crippen LogP contribution is 2.24. The number of aromatic hydroxyl groups is 1. The number of rotatable bonds is 4. The predicted octanol–water partition coefficient (Wildman–Crippen LogP) is 3.69. The Kier molecular flexibility index (Phi) is 5.26. The van der Waals surface area contributed by atoms with E-state index in [1.54, 1.807) is 23.1 Å². The van der Waals surface area contributed by atoms with Crippen molar-refractivity contribution < 1.29 is 18.7 Å². The first-order valence-corrected chi connectivity index (χ1v) is 8.44. The van der Waals surface area contributed by atoms with E-state index in [9.17, 15) is 18.7 Å². The van der Waals surface area contributed by atoms with Crippen LogP contribution in [-0.4, -0.2) is 33.5 Å². The van der Waals surface area contributed by atoms with E-state index in [-0.39, 0.29) is 17.5 Å². The fourth-order valence-corrected chi connectivity index (χ4v) is 3.32. The zero-order valence-electron chi connectivity index (χ0n) is 13.8. The summed E-state index contributed by atoms with van der Waals surface area (Å²) in [6, 6.07) is 7.70. The third-order valence-electron chi connectivity index (χ3n) is 4.58. The number of aryl methyl sites for hydroxylation is 1. The minimum Gasteiger partial charge on any atom is -0.508 e. The fourth-order valence-electron chi connectivity index (χ4n) is 3.32. The van der Waals surface area contributed by atoms with Gasteiger partial charge in [0.2, 0.25) is 0 Å². The van der Waals surface area contributed by atoms with Gasteiger partial charge in [-0.2, -0.15) is 0 Å². The van der Waals surface area contributed by atoms with Crippen molar-refractivity contribution in [3.8, 4) is 5.75 Å². The number of nitrogens with zero attached hydrogens (tertiary/aromatic N) is 2. The molecule has 0 unspecified atom stereocenters. The highest BCUT2D eigenvalue weighted by molar-refractivity contribution is 5.92. The lowest BCUT2D eigenvalue weighted by atomic mass is 9.95. The summed E-state index contributed by atoms with van der Waals surface area (Å²) in [5.41, 5.74) is 0.662. The molecule has 1 aliphatic rings. The van der Waals surface area contributed by atoms with Crippen LogP contribution in [0.1, 0.15) is 41.7 Å². The molecule has 0 spiro atoms. The number of phenols is 1. The van der Waals surface area contributed by atoms with Gasteiger partial charge in [0.1, 0.15) is 11.6 Å². The lowest BCUT2D eigenvalue weighted by molar-refractivity contribution is 0.0590. The van der Waals surface area contributed by atoms with E-state index in [0.717, 1.165) is 37.4 Å². The summed E-state index contributed by atoms with van der Waals surface area (Å²) in [5, 5.41) is 9.55. The van der Waals surface area contributed by atoms with Crippen molar-refractivity contribution in [1.29, 1.82) is 0 Å². The van der Waals surface area contributed by atoms with Crippen LogP contribution in [0, 0.1) is 11.6 Å². The predicted molar refractivity (Wildman–Crippen MR) is 89.3 cm³/mol. The molecular weight excluding hydrogens is 326 g/mol. The molecule has 2 heterocycles. The first-order valence-electron chi connectivity index (χ1n) is 8.44. The molecule has 25 heavy (non-hydrogen) atoms. The summed E-state index contributed by atoms with van der Waals surface area (Å²) < 4.78 is 26.9. The number of pyridine rings is 1. The molecule has 1 fully saturated rings. The van der Waals surface area contributed by atoms with Crippen molar-refractivity contribution in [3.05, 3.63) is 59.4 Å². The first-order chi connectivity index (χ1) is 12.0. The molecule has 4 nitrogen and oxygen atoms in total. The first kappa shape index (κ1) is 17.3. The normalized spacial score (nSPS) is 17.5. The van der Waals surface area contributed by atoms with Gasteiger partial charge in [-0.05, 0) is 49.8 Å². The number of carbonyl (C=O) groups is 1.